The Morgan fingerprint density at radius 2 is 1.97 bits per heavy atom. The number of hydrogen-bond acceptors (Lipinski definition) is 5. The van der Waals surface area contributed by atoms with E-state index in [1.807, 2.05) is 13.0 Å². The average molecular weight is 429 g/mol. The summed E-state index contributed by atoms with van der Waals surface area (Å²) >= 11 is 1.41. The SMILES string of the molecule is Cc1ccc(C(=O)NC2CC(=O)N(c3ccc(C(=O)N(C)CC(N)=O)c(C)c3)C2)s1. The summed E-state index contributed by atoms with van der Waals surface area (Å²) in [5.74, 6) is -1.18. The number of amides is 4. The van der Waals surface area contributed by atoms with Crippen LogP contribution < -0.4 is 16.0 Å². The molecular formula is C21H24N4O4S. The maximum atomic E-state index is 12.5. The fraction of sp³-hybridized carbons (Fsp3) is 0.333. The number of rotatable bonds is 6. The number of aryl methyl sites for hydroxylation is 2. The van der Waals surface area contributed by atoms with Crippen molar-refractivity contribution >= 4 is 40.7 Å². The van der Waals surface area contributed by atoms with Crippen molar-refractivity contribution in [2.24, 2.45) is 5.73 Å². The fourth-order valence-electron chi connectivity index (χ4n) is 3.43. The van der Waals surface area contributed by atoms with Gasteiger partial charge in [-0.25, -0.2) is 0 Å². The first-order valence-corrected chi connectivity index (χ1v) is 10.3. The molecule has 30 heavy (non-hydrogen) atoms. The van der Waals surface area contributed by atoms with Gasteiger partial charge in [0.1, 0.15) is 0 Å². The summed E-state index contributed by atoms with van der Waals surface area (Å²) in [6.45, 7) is 3.90. The summed E-state index contributed by atoms with van der Waals surface area (Å²) in [6.07, 6.45) is 0.219. The smallest absolute Gasteiger partial charge is 0.261 e. The number of nitrogens with two attached hydrogens (primary N) is 1. The maximum Gasteiger partial charge on any atom is 0.261 e. The number of thiophene rings is 1. The first kappa shape index (κ1) is 21.5. The topological polar surface area (TPSA) is 113 Å². The molecule has 9 heteroatoms. The monoisotopic (exact) mass is 428 g/mol. The van der Waals surface area contributed by atoms with E-state index in [4.69, 9.17) is 5.73 Å². The lowest BCUT2D eigenvalue weighted by atomic mass is 10.1. The molecule has 8 nitrogen and oxygen atoms in total. The Hall–Kier alpha value is -3.20. The lowest BCUT2D eigenvalue weighted by Crippen LogP contribution is -2.37. The van der Waals surface area contributed by atoms with E-state index < -0.39 is 5.91 Å². The third kappa shape index (κ3) is 4.68. The van der Waals surface area contributed by atoms with E-state index >= 15 is 0 Å². The van der Waals surface area contributed by atoms with Gasteiger partial charge in [-0.3, -0.25) is 19.2 Å². The van der Waals surface area contributed by atoms with Crippen LogP contribution in [0.2, 0.25) is 0 Å². The Balaban J connectivity index is 1.69. The molecule has 3 N–H and O–H groups in total. The van der Waals surface area contributed by atoms with Gasteiger partial charge in [0.15, 0.2) is 0 Å². The Morgan fingerprint density at radius 1 is 1.23 bits per heavy atom. The van der Waals surface area contributed by atoms with E-state index in [2.05, 4.69) is 5.32 Å². The van der Waals surface area contributed by atoms with Gasteiger partial charge in [-0.2, -0.15) is 0 Å². The number of nitrogens with zero attached hydrogens (tertiary/aromatic N) is 2. The summed E-state index contributed by atoms with van der Waals surface area (Å²) in [5, 5.41) is 2.92. The molecule has 2 aromatic rings. The van der Waals surface area contributed by atoms with Crippen LogP contribution in [0.4, 0.5) is 5.69 Å². The standard InChI is InChI=1S/C21H24N4O4S/c1-12-8-15(5-6-16(12)21(29)24(3)11-18(22)26)25-10-14(9-19(25)27)23-20(28)17-7-4-13(2)30-17/h4-8,14H,9-11H2,1-3H3,(H2,22,26)(H,23,28). The van der Waals surface area contributed by atoms with Crippen molar-refractivity contribution in [2.75, 3.05) is 25.0 Å². The molecule has 1 atom stereocenters. The second-order valence-electron chi connectivity index (χ2n) is 7.42. The minimum atomic E-state index is -0.589. The summed E-state index contributed by atoms with van der Waals surface area (Å²) in [7, 11) is 1.51. The lowest BCUT2D eigenvalue weighted by molar-refractivity contribution is -0.118. The minimum absolute atomic E-state index is 0.0908. The van der Waals surface area contributed by atoms with Crippen LogP contribution in [0.25, 0.3) is 0 Å². The molecule has 158 valence electrons. The van der Waals surface area contributed by atoms with E-state index in [1.54, 1.807) is 36.1 Å². The average Bonchev–Trinajstić information content (AvgIpc) is 3.26. The molecule has 0 radical (unpaired) electrons. The molecule has 0 spiro atoms. The highest BCUT2D eigenvalue weighted by Gasteiger charge is 2.32. The van der Waals surface area contributed by atoms with Crippen molar-refractivity contribution in [2.45, 2.75) is 26.3 Å². The van der Waals surface area contributed by atoms with Gasteiger partial charge < -0.3 is 20.9 Å². The van der Waals surface area contributed by atoms with Gasteiger partial charge in [-0.05, 0) is 49.7 Å². The second kappa shape index (κ2) is 8.66. The Bertz CT molecular complexity index is 1020. The predicted molar refractivity (Wildman–Crippen MR) is 115 cm³/mol. The van der Waals surface area contributed by atoms with Crippen LogP contribution in [0.3, 0.4) is 0 Å². The number of likely N-dealkylation sites (N-methyl/N-ethyl adjacent to an activating group) is 1. The van der Waals surface area contributed by atoms with Crippen molar-refractivity contribution in [1.82, 2.24) is 10.2 Å². The largest absolute Gasteiger partial charge is 0.368 e. The second-order valence-corrected chi connectivity index (χ2v) is 8.70. The van der Waals surface area contributed by atoms with Gasteiger partial charge in [0.2, 0.25) is 11.8 Å². The Kier molecular flexibility index (Phi) is 6.21. The van der Waals surface area contributed by atoms with E-state index in [0.29, 0.717) is 28.2 Å². The molecule has 0 aliphatic carbocycles. The molecule has 1 aromatic carbocycles. The summed E-state index contributed by atoms with van der Waals surface area (Å²) in [6, 6.07) is 8.48. The van der Waals surface area contributed by atoms with E-state index in [0.717, 1.165) is 4.88 Å². The van der Waals surface area contributed by atoms with Gasteiger partial charge >= 0.3 is 0 Å². The summed E-state index contributed by atoms with van der Waals surface area (Å²) < 4.78 is 0. The Morgan fingerprint density at radius 3 is 2.57 bits per heavy atom. The zero-order valence-electron chi connectivity index (χ0n) is 17.1. The quantitative estimate of drug-likeness (QED) is 0.725. The van der Waals surface area contributed by atoms with Crippen molar-refractivity contribution in [3.8, 4) is 0 Å². The van der Waals surface area contributed by atoms with E-state index in [-0.39, 0.29) is 36.7 Å². The van der Waals surface area contributed by atoms with Crippen molar-refractivity contribution in [3.05, 3.63) is 51.2 Å². The first-order chi connectivity index (χ1) is 14.2. The van der Waals surface area contributed by atoms with E-state index in [9.17, 15) is 19.2 Å². The van der Waals surface area contributed by atoms with Crippen LogP contribution in [-0.2, 0) is 9.59 Å². The highest BCUT2D eigenvalue weighted by atomic mass is 32.1. The fourth-order valence-corrected chi connectivity index (χ4v) is 4.20. The lowest BCUT2D eigenvalue weighted by Gasteiger charge is -2.20. The molecule has 1 fully saturated rings. The van der Waals surface area contributed by atoms with Crippen molar-refractivity contribution < 1.29 is 19.2 Å². The molecule has 1 saturated heterocycles. The number of carbonyl (C=O) groups excluding carboxylic acids is 4. The number of anilines is 1. The summed E-state index contributed by atoms with van der Waals surface area (Å²) in [4.78, 5) is 53.0. The van der Waals surface area contributed by atoms with Gasteiger partial charge in [-0.1, -0.05) is 0 Å². The van der Waals surface area contributed by atoms with Crippen LogP contribution in [0.5, 0.6) is 0 Å². The van der Waals surface area contributed by atoms with Crippen molar-refractivity contribution in [1.29, 1.82) is 0 Å². The molecule has 3 rings (SSSR count). The normalized spacial score (nSPS) is 15.9. The van der Waals surface area contributed by atoms with Gasteiger partial charge in [0, 0.05) is 36.1 Å². The van der Waals surface area contributed by atoms with Crippen molar-refractivity contribution in [3.63, 3.8) is 0 Å². The van der Waals surface area contributed by atoms with Crippen LogP contribution in [-0.4, -0.2) is 54.7 Å². The molecule has 1 aliphatic heterocycles. The molecule has 1 aromatic heterocycles. The first-order valence-electron chi connectivity index (χ1n) is 9.47. The third-order valence-electron chi connectivity index (χ3n) is 4.92. The van der Waals surface area contributed by atoms with Crippen LogP contribution in [0, 0.1) is 13.8 Å². The van der Waals surface area contributed by atoms with Crippen LogP contribution >= 0.6 is 11.3 Å². The number of primary amides is 1. The third-order valence-corrected chi connectivity index (χ3v) is 5.92. The number of nitrogens with one attached hydrogen (secondary N) is 1. The number of benzene rings is 1. The van der Waals surface area contributed by atoms with Gasteiger partial charge in [-0.15, -0.1) is 11.3 Å². The molecule has 1 aliphatic rings. The molecule has 0 bridgehead atoms. The number of hydrogen-bond donors (Lipinski definition) is 2. The highest BCUT2D eigenvalue weighted by molar-refractivity contribution is 7.13. The zero-order chi connectivity index (χ0) is 22.0. The van der Waals surface area contributed by atoms with Gasteiger partial charge in [0.25, 0.3) is 11.8 Å². The van der Waals surface area contributed by atoms with E-state index in [1.165, 1.54) is 23.3 Å². The Labute approximate surface area is 178 Å². The predicted octanol–water partition coefficient (Wildman–Crippen LogP) is 1.46. The maximum absolute atomic E-state index is 12.5. The van der Waals surface area contributed by atoms with Crippen LogP contribution in [0.1, 0.15) is 36.9 Å². The molecule has 0 saturated carbocycles. The molecule has 2 heterocycles. The molecule has 1 unspecified atom stereocenters. The number of carbonyl (C=O) groups is 4. The molecule has 4 amide bonds. The summed E-state index contributed by atoms with van der Waals surface area (Å²) in [5.41, 5.74) is 6.93. The minimum Gasteiger partial charge on any atom is -0.368 e. The highest BCUT2D eigenvalue weighted by Crippen LogP contribution is 2.25. The van der Waals surface area contributed by atoms with Crippen LogP contribution in [0.15, 0.2) is 30.3 Å². The van der Waals surface area contributed by atoms with Gasteiger partial charge in [0.05, 0.1) is 17.5 Å². The molecular weight excluding hydrogens is 404 g/mol. The zero-order valence-corrected chi connectivity index (χ0v) is 17.9.